The summed E-state index contributed by atoms with van der Waals surface area (Å²) in [5.74, 6) is -0.821. The Bertz CT molecular complexity index is 1090. The number of fused-ring (bicyclic) bond motifs is 1. The van der Waals surface area contributed by atoms with Gasteiger partial charge in [-0.05, 0) is 56.4 Å². The Morgan fingerprint density at radius 1 is 1.11 bits per heavy atom. The van der Waals surface area contributed by atoms with Crippen molar-refractivity contribution >= 4 is 17.5 Å². The predicted molar refractivity (Wildman–Crippen MR) is 133 cm³/mol. The SMILES string of the molecule is CC1(C)O[C@@H]2C[C@@](OCc3cccc(Cl)c3)(C(=O)NCC3CC3)CC(OCc3ccccc3F)[C@@H]2O1. The van der Waals surface area contributed by atoms with Gasteiger partial charge in [-0.3, -0.25) is 4.79 Å². The van der Waals surface area contributed by atoms with Crippen molar-refractivity contribution in [2.45, 2.75) is 82.4 Å². The van der Waals surface area contributed by atoms with Crippen LogP contribution in [0, 0.1) is 11.7 Å². The first-order valence-electron chi connectivity index (χ1n) is 12.6. The summed E-state index contributed by atoms with van der Waals surface area (Å²) in [5.41, 5.74) is 0.121. The van der Waals surface area contributed by atoms with Gasteiger partial charge in [0, 0.05) is 30.0 Å². The molecule has 1 saturated heterocycles. The van der Waals surface area contributed by atoms with Crippen molar-refractivity contribution in [1.82, 2.24) is 5.32 Å². The molecule has 3 aliphatic rings. The Hall–Kier alpha value is -2.03. The molecule has 2 saturated carbocycles. The van der Waals surface area contributed by atoms with Crippen LogP contribution in [0.25, 0.3) is 0 Å². The van der Waals surface area contributed by atoms with Crippen molar-refractivity contribution in [3.63, 3.8) is 0 Å². The fourth-order valence-electron chi connectivity index (χ4n) is 5.09. The number of rotatable bonds is 9. The largest absolute Gasteiger partial charge is 0.370 e. The summed E-state index contributed by atoms with van der Waals surface area (Å²) in [6.07, 6.45) is 1.51. The van der Waals surface area contributed by atoms with Gasteiger partial charge in [-0.2, -0.15) is 0 Å². The highest BCUT2D eigenvalue weighted by atomic mass is 35.5. The summed E-state index contributed by atoms with van der Waals surface area (Å²) in [4.78, 5) is 13.7. The lowest BCUT2D eigenvalue weighted by atomic mass is 9.78. The van der Waals surface area contributed by atoms with Gasteiger partial charge in [-0.15, -0.1) is 0 Å². The number of carbonyl (C=O) groups excluding carboxylic acids is 1. The van der Waals surface area contributed by atoms with E-state index in [0.717, 1.165) is 18.4 Å². The average molecular weight is 518 g/mol. The molecule has 0 aromatic heterocycles. The van der Waals surface area contributed by atoms with Gasteiger partial charge in [0.25, 0.3) is 5.91 Å². The second-order valence-electron chi connectivity index (χ2n) is 10.6. The third-order valence-corrected chi connectivity index (χ3v) is 7.36. The van der Waals surface area contributed by atoms with E-state index in [-0.39, 0.29) is 31.4 Å². The standard InChI is InChI=1S/C28H33ClFNO5/c1-27(2)35-24-14-28(26(32)31-15-18-10-11-18,34-16-19-6-5-8-21(29)12-19)13-23(25(24)36-27)33-17-20-7-3-4-9-22(20)30/h3-9,12,18,23-25H,10-11,13-17H2,1-2H3,(H,31,32)/t23?,24-,25+,28-/m1/s1. The van der Waals surface area contributed by atoms with Gasteiger partial charge in [-0.25, -0.2) is 4.39 Å². The van der Waals surface area contributed by atoms with Crippen LogP contribution < -0.4 is 5.32 Å². The molecule has 1 N–H and O–H groups in total. The molecule has 6 nitrogen and oxygen atoms in total. The molecule has 1 amide bonds. The lowest BCUT2D eigenvalue weighted by Crippen LogP contribution is -2.60. The maximum Gasteiger partial charge on any atom is 0.252 e. The number of carbonyl (C=O) groups is 1. The summed E-state index contributed by atoms with van der Waals surface area (Å²) in [6.45, 7) is 4.58. The van der Waals surface area contributed by atoms with Crippen molar-refractivity contribution < 1.29 is 28.1 Å². The predicted octanol–water partition coefficient (Wildman–Crippen LogP) is 5.16. The van der Waals surface area contributed by atoms with E-state index in [4.69, 9.17) is 30.5 Å². The minimum atomic E-state index is -1.19. The molecular weight excluding hydrogens is 485 g/mol. The van der Waals surface area contributed by atoms with Gasteiger partial charge in [-0.1, -0.05) is 41.9 Å². The van der Waals surface area contributed by atoms with E-state index in [2.05, 4.69) is 5.32 Å². The minimum Gasteiger partial charge on any atom is -0.370 e. The molecule has 4 atom stereocenters. The van der Waals surface area contributed by atoms with E-state index in [1.165, 1.54) is 6.07 Å². The van der Waals surface area contributed by atoms with E-state index in [1.807, 2.05) is 32.0 Å². The molecule has 194 valence electrons. The average Bonchev–Trinajstić information content (AvgIpc) is 3.61. The zero-order valence-electron chi connectivity index (χ0n) is 20.7. The summed E-state index contributed by atoms with van der Waals surface area (Å²) >= 11 is 6.17. The first-order chi connectivity index (χ1) is 17.2. The summed E-state index contributed by atoms with van der Waals surface area (Å²) in [6, 6.07) is 13.9. The van der Waals surface area contributed by atoms with Crippen molar-refractivity contribution in [3.8, 4) is 0 Å². The van der Waals surface area contributed by atoms with Crippen LogP contribution in [0.5, 0.6) is 0 Å². The molecular formula is C28H33ClFNO5. The molecule has 2 aliphatic carbocycles. The van der Waals surface area contributed by atoms with Crippen molar-refractivity contribution in [1.29, 1.82) is 0 Å². The molecule has 0 bridgehead atoms. The second-order valence-corrected chi connectivity index (χ2v) is 11.0. The lowest BCUT2D eigenvalue weighted by Gasteiger charge is -2.43. The first kappa shape index (κ1) is 25.6. The second kappa shape index (κ2) is 10.4. The molecule has 8 heteroatoms. The van der Waals surface area contributed by atoms with Gasteiger partial charge in [0.05, 0.1) is 25.4 Å². The van der Waals surface area contributed by atoms with Gasteiger partial charge in [0.1, 0.15) is 11.9 Å². The molecule has 0 radical (unpaired) electrons. The number of nitrogens with one attached hydrogen (secondary N) is 1. The Labute approximate surface area is 216 Å². The van der Waals surface area contributed by atoms with Crippen LogP contribution in [0.2, 0.25) is 5.02 Å². The van der Waals surface area contributed by atoms with Crippen LogP contribution in [0.4, 0.5) is 4.39 Å². The van der Waals surface area contributed by atoms with Crippen LogP contribution in [0.15, 0.2) is 48.5 Å². The molecule has 0 spiro atoms. The molecule has 36 heavy (non-hydrogen) atoms. The Morgan fingerprint density at radius 2 is 1.92 bits per heavy atom. The third kappa shape index (κ3) is 5.92. The zero-order valence-corrected chi connectivity index (χ0v) is 21.4. The highest BCUT2D eigenvalue weighted by molar-refractivity contribution is 6.30. The summed E-state index contributed by atoms with van der Waals surface area (Å²) < 4.78 is 39.4. The Kier molecular flexibility index (Phi) is 7.39. The number of amides is 1. The van der Waals surface area contributed by atoms with Gasteiger partial charge in [0.15, 0.2) is 11.4 Å². The molecule has 1 unspecified atom stereocenters. The number of hydrogen-bond donors (Lipinski definition) is 1. The van der Waals surface area contributed by atoms with Gasteiger partial charge >= 0.3 is 0 Å². The number of ether oxygens (including phenoxy) is 4. The molecule has 2 aromatic rings. The topological polar surface area (TPSA) is 66.0 Å². The van der Waals surface area contributed by atoms with Crippen molar-refractivity contribution in [3.05, 3.63) is 70.5 Å². The Balaban J connectivity index is 1.40. The highest BCUT2D eigenvalue weighted by Crippen LogP contribution is 2.44. The van der Waals surface area contributed by atoms with Crippen LogP contribution in [0.1, 0.15) is 50.7 Å². The molecule has 5 rings (SSSR count). The van der Waals surface area contributed by atoms with Gasteiger partial charge < -0.3 is 24.3 Å². The number of halogens is 2. The quantitative estimate of drug-likeness (QED) is 0.497. The fraction of sp³-hybridized carbons (Fsp3) is 0.536. The van der Waals surface area contributed by atoms with Crippen LogP contribution in [-0.4, -0.2) is 42.2 Å². The molecule has 3 fully saturated rings. The van der Waals surface area contributed by atoms with Gasteiger partial charge in [0.2, 0.25) is 0 Å². The van der Waals surface area contributed by atoms with E-state index in [1.54, 1.807) is 24.3 Å². The third-order valence-electron chi connectivity index (χ3n) is 7.13. The lowest BCUT2D eigenvalue weighted by molar-refractivity contribution is -0.183. The van der Waals surface area contributed by atoms with Crippen molar-refractivity contribution in [2.24, 2.45) is 5.92 Å². The van der Waals surface area contributed by atoms with Crippen LogP contribution in [-0.2, 0) is 37.0 Å². The number of benzene rings is 2. The van der Waals surface area contributed by atoms with E-state index in [9.17, 15) is 9.18 Å². The van der Waals surface area contributed by atoms with E-state index in [0.29, 0.717) is 29.5 Å². The van der Waals surface area contributed by atoms with Crippen LogP contribution >= 0.6 is 11.6 Å². The van der Waals surface area contributed by atoms with E-state index >= 15 is 0 Å². The monoisotopic (exact) mass is 517 g/mol. The van der Waals surface area contributed by atoms with Crippen molar-refractivity contribution in [2.75, 3.05) is 6.54 Å². The maximum absolute atomic E-state index is 14.3. The minimum absolute atomic E-state index is 0.0540. The Morgan fingerprint density at radius 3 is 2.67 bits per heavy atom. The molecule has 2 aromatic carbocycles. The normalized spacial score (nSPS) is 29.1. The first-order valence-corrected chi connectivity index (χ1v) is 13.0. The fourth-order valence-corrected chi connectivity index (χ4v) is 5.30. The zero-order chi connectivity index (χ0) is 25.3. The number of hydrogen-bond acceptors (Lipinski definition) is 5. The molecule has 1 heterocycles. The molecule has 1 aliphatic heterocycles. The summed E-state index contributed by atoms with van der Waals surface area (Å²) in [5, 5.41) is 3.71. The summed E-state index contributed by atoms with van der Waals surface area (Å²) in [7, 11) is 0. The van der Waals surface area contributed by atoms with Crippen LogP contribution in [0.3, 0.4) is 0 Å². The maximum atomic E-state index is 14.3. The highest BCUT2D eigenvalue weighted by Gasteiger charge is 2.58. The van der Waals surface area contributed by atoms with E-state index < -0.39 is 29.7 Å². The smallest absolute Gasteiger partial charge is 0.252 e.